The number of aromatic nitrogens is 1. The van der Waals surface area contributed by atoms with Crippen molar-refractivity contribution in [3.63, 3.8) is 0 Å². The Kier molecular flexibility index (Phi) is 12.0. The fourth-order valence-corrected chi connectivity index (χ4v) is 1.60. The van der Waals surface area contributed by atoms with E-state index in [1.807, 2.05) is 0 Å². The van der Waals surface area contributed by atoms with Crippen LogP contribution >= 0.6 is 0 Å². The summed E-state index contributed by atoms with van der Waals surface area (Å²) in [6.45, 7) is 2.19. The highest BCUT2D eigenvalue weighted by Crippen LogP contribution is 2.07. The van der Waals surface area contributed by atoms with Crippen LogP contribution in [0.3, 0.4) is 0 Å². The molecule has 1 aromatic heterocycles. The van der Waals surface area contributed by atoms with E-state index in [1.54, 1.807) is 12.3 Å². The maximum Gasteiger partial charge on any atom is 0.203 e. The van der Waals surface area contributed by atoms with E-state index in [1.165, 1.54) is 44.4 Å². The second kappa shape index (κ2) is 13.0. The van der Waals surface area contributed by atoms with Crippen molar-refractivity contribution < 1.29 is 19.3 Å². The number of carbonyl (C=O) groups excluding carboxylic acids is 1. The van der Waals surface area contributed by atoms with Gasteiger partial charge in [-0.1, -0.05) is 45.4 Å². The molecule has 0 aliphatic heterocycles. The van der Waals surface area contributed by atoms with Crippen molar-refractivity contribution >= 4 is 5.97 Å². The lowest BCUT2D eigenvalue weighted by atomic mass is 10.1. The van der Waals surface area contributed by atoms with Crippen LogP contribution in [-0.2, 0) is 4.79 Å². The Bertz CT molecular complexity index is 317. The summed E-state index contributed by atoms with van der Waals surface area (Å²) in [4.78, 5) is 12.6. The molecular formula is C15H24FNO2. The average Bonchev–Trinajstić information content (AvgIpc) is 2.39. The number of unbranched alkanes of at least 4 members (excludes halogenated alkanes) is 6. The molecule has 1 aromatic rings. The van der Waals surface area contributed by atoms with Crippen molar-refractivity contribution in [3.8, 4) is 0 Å². The topological polar surface area (TPSA) is 54.3 Å². The van der Waals surface area contributed by atoms with E-state index in [-0.39, 0.29) is 12.2 Å². The lowest BCUT2D eigenvalue weighted by Gasteiger charge is -2.01. The third-order valence-electron chi connectivity index (χ3n) is 2.65. The normalized spacial score (nSPS) is 9.58. The molecule has 1 heterocycles. The fourth-order valence-electron chi connectivity index (χ4n) is 1.60. The Labute approximate surface area is 114 Å². The number of rotatable bonds is 8. The largest absolute Gasteiger partial charge is 0.550 e. The molecule has 0 atom stereocenters. The van der Waals surface area contributed by atoms with Gasteiger partial charge in [-0.15, -0.1) is 0 Å². The SMILES string of the molecule is CCCCCCCCCC(=O)[O-].Fc1ccc[nH+]c1. The minimum atomic E-state index is -0.913. The van der Waals surface area contributed by atoms with Gasteiger partial charge in [-0.05, 0) is 18.9 Å². The maximum atomic E-state index is 11.9. The number of nitrogens with one attached hydrogen (secondary N) is 1. The van der Waals surface area contributed by atoms with Crippen molar-refractivity contribution in [2.75, 3.05) is 0 Å². The molecule has 0 radical (unpaired) electrons. The Balaban J connectivity index is 0.000000388. The third kappa shape index (κ3) is 14.5. The number of aromatic amines is 1. The Morgan fingerprint density at radius 1 is 1.21 bits per heavy atom. The molecule has 4 heteroatoms. The summed E-state index contributed by atoms with van der Waals surface area (Å²) in [7, 11) is 0. The summed E-state index contributed by atoms with van der Waals surface area (Å²) >= 11 is 0. The second-order valence-electron chi connectivity index (χ2n) is 4.47. The number of carboxylic acids is 1. The van der Waals surface area contributed by atoms with E-state index >= 15 is 0 Å². The molecule has 0 aromatic carbocycles. The summed E-state index contributed by atoms with van der Waals surface area (Å²) < 4.78 is 11.9. The van der Waals surface area contributed by atoms with Gasteiger partial charge in [-0.3, -0.25) is 0 Å². The molecule has 108 valence electrons. The first-order valence-electron chi connectivity index (χ1n) is 6.98. The Morgan fingerprint density at radius 2 is 1.84 bits per heavy atom. The van der Waals surface area contributed by atoms with Gasteiger partial charge in [-0.25, -0.2) is 9.37 Å². The number of hydrogen-bond acceptors (Lipinski definition) is 2. The zero-order valence-corrected chi connectivity index (χ0v) is 11.7. The lowest BCUT2D eigenvalue weighted by Crippen LogP contribution is -2.21. The zero-order valence-electron chi connectivity index (χ0n) is 11.7. The fraction of sp³-hybridized carbons (Fsp3) is 0.600. The molecule has 19 heavy (non-hydrogen) atoms. The summed E-state index contributed by atoms with van der Waals surface area (Å²) in [6.07, 6.45) is 11.3. The van der Waals surface area contributed by atoms with E-state index in [0.717, 1.165) is 12.8 Å². The monoisotopic (exact) mass is 269 g/mol. The molecule has 1 rings (SSSR count). The number of halogens is 1. The van der Waals surface area contributed by atoms with E-state index < -0.39 is 5.97 Å². The summed E-state index contributed by atoms with van der Waals surface area (Å²) in [5.74, 6) is -1.15. The van der Waals surface area contributed by atoms with Crippen LogP contribution in [0.1, 0.15) is 58.3 Å². The van der Waals surface area contributed by atoms with E-state index in [2.05, 4.69) is 11.9 Å². The Hall–Kier alpha value is -1.45. The van der Waals surface area contributed by atoms with Crippen LogP contribution in [0.5, 0.6) is 0 Å². The lowest BCUT2D eigenvalue weighted by molar-refractivity contribution is -0.380. The van der Waals surface area contributed by atoms with Gasteiger partial charge in [0.25, 0.3) is 0 Å². The van der Waals surface area contributed by atoms with Crippen molar-refractivity contribution in [1.29, 1.82) is 0 Å². The predicted octanol–water partition coefficient (Wildman–Crippen LogP) is 2.52. The molecule has 1 N–H and O–H groups in total. The molecule has 3 nitrogen and oxygen atoms in total. The number of H-pyrrole nitrogens is 1. The number of hydrogen-bond donors (Lipinski definition) is 0. The van der Waals surface area contributed by atoms with Gasteiger partial charge in [0.15, 0.2) is 12.0 Å². The van der Waals surface area contributed by atoms with Gasteiger partial charge in [0.1, 0.15) is 0 Å². The highest BCUT2D eigenvalue weighted by atomic mass is 19.1. The quantitative estimate of drug-likeness (QED) is 0.681. The predicted molar refractivity (Wildman–Crippen MR) is 70.6 cm³/mol. The molecule has 0 saturated heterocycles. The van der Waals surface area contributed by atoms with Crippen LogP contribution < -0.4 is 10.1 Å². The Morgan fingerprint density at radius 3 is 2.26 bits per heavy atom. The number of aliphatic carboxylic acids is 1. The van der Waals surface area contributed by atoms with E-state index in [0.29, 0.717) is 0 Å². The van der Waals surface area contributed by atoms with E-state index in [9.17, 15) is 14.3 Å². The first-order valence-corrected chi connectivity index (χ1v) is 6.98. The number of carboxylic acid groups (broad SMARTS) is 1. The molecule has 0 amide bonds. The van der Waals surface area contributed by atoms with Crippen LogP contribution in [0.2, 0.25) is 0 Å². The van der Waals surface area contributed by atoms with Crippen molar-refractivity contribution in [3.05, 3.63) is 30.3 Å². The van der Waals surface area contributed by atoms with Gasteiger partial charge in [0.05, 0.1) is 0 Å². The molecule has 0 spiro atoms. The third-order valence-corrected chi connectivity index (χ3v) is 2.65. The van der Waals surface area contributed by atoms with Crippen LogP contribution in [-0.4, -0.2) is 5.97 Å². The van der Waals surface area contributed by atoms with Gasteiger partial charge >= 0.3 is 0 Å². The molecule has 0 bridgehead atoms. The van der Waals surface area contributed by atoms with Crippen molar-refractivity contribution in [2.24, 2.45) is 0 Å². The molecule has 0 saturated carbocycles. The summed E-state index contributed by atoms with van der Waals surface area (Å²) in [6, 6.07) is 2.99. The minimum Gasteiger partial charge on any atom is -0.550 e. The van der Waals surface area contributed by atoms with Gasteiger partial charge in [-0.2, -0.15) is 0 Å². The van der Waals surface area contributed by atoms with Crippen molar-refractivity contribution in [2.45, 2.75) is 58.3 Å². The molecule has 0 fully saturated rings. The zero-order chi connectivity index (χ0) is 14.3. The molecule has 0 unspecified atom stereocenters. The smallest absolute Gasteiger partial charge is 0.203 e. The van der Waals surface area contributed by atoms with Crippen LogP contribution in [0.15, 0.2) is 24.5 Å². The van der Waals surface area contributed by atoms with E-state index in [4.69, 9.17) is 0 Å². The highest BCUT2D eigenvalue weighted by Gasteiger charge is 1.90. The van der Waals surface area contributed by atoms with Gasteiger partial charge < -0.3 is 9.90 Å². The second-order valence-corrected chi connectivity index (χ2v) is 4.47. The first-order chi connectivity index (χ1) is 9.16. The van der Waals surface area contributed by atoms with Crippen molar-refractivity contribution in [1.82, 2.24) is 0 Å². The molecule has 0 aliphatic carbocycles. The van der Waals surface area contributed by atoms with Crippen LogP contribution in [0, 0.1) is 5.82 Å². The maximum absolute atomic E-state index is 11.9. The molecule has 0 aliphatic rings. The standard InChI is InChI=1S/C10H20O2.C5H4FN/c1-2-3-4-5-6-7-8-9-10(11)12;6-5-2-1-3-7-4-5/h2-9H2,1H3,(H,11,12);1-4H. The summed E-state index contributed by atoms with van der Waals surface area (Å²) in [5, 5.41) is 10.0. The summed E-state index contributed by atoms with van der Waals surface area (Å²) in [5.41, 5.74) is 0. The molecular weight excluding hydrogens is 245 g/mol. The minimum absolute atomic E-state index is 0.230. The van der Waals surface area contributed by atoms with Gasteiger partial charge in [0.2, 0.25) is 6.20 Å². The first kappa shape index (κ1) is 17.6. The average molecular weight is 269 g/mol. The number of pyridine rings is 1. The van der Waals surface area contributed by atoms with Crippen LogP contribution in [0.25, 0.3) is 0 Å². The highest BCUT2D eigenvalue weighted by molar-refractivity contribution is 5.63. The van der Waals surface area contributed by atoms with Gasteiger partial charge in [0, 0.05) is 12.0 Å². The number of carbonyl (C=O) groups is 1. The van der Waals surface area contributed by atoms with Crippen LogP contribution in [0.4, 0.5) is 4.39 Å².